The summed E-state index contributed by atoms with van der Waals surface area (Å²) in [4.78, 5) is 23.2. The molecule has 7 nitrogen and oxygen atoms in total. The molecule has 1 saturated carbocycles. The maximum atomic E-state index is 12.1. The molecular weight excluding hydrogens is 308 g/mol. The minimum absolute atomic E-state index is 0.0518. The normalized spacial score (nSPS) is 17.0. The molecule has 1 aliphatic carbocycles. The van der Waals surface area contributed by atoms with Crippen molar-refractivity contribution < 1.29 is 23.1 Å². The molecule has 0 aromatic heterocycles. The number of nitrogens with one attached hydrogen (secondary N) is 2. The van der Waals surface area contributed by atoms with E-state index in [1.807, 2.05) is 11.6 Å². The van der Waals surface area contributed by atoms with Gasteiger partial charge in [0.05, 0.1) is 4.90 Å². The van der Waals surface area contributed by atoms with E-state index in [9.17, 15) is 23.1 Å². The monoisotopic (exact) mass is 326 g/mol. The molecule has 0 aliphatic heterocycles. The minimum atomic E-state index is -4.03. The lowest BCUT2D eigenvalue weighted by atomic mass is 9.98. The summed E-state index contributed by atoms with van der Waals surface area (Å²) in [6.45, 7) is 1.81. The topological polar surface area (TPSA) is 113 Å². The van der Waals surface area contributed by atoms with Gasteiger partial charge >= 0.3 is 12.0 Å². The summed E-state index contributed by atoms with van der Waals surface area (Å²) in [5.41, 5.74) is -0.494. The molecule has 22 heavy (non-hydrogen) atoms. The van der Waals surface area contributed by atoms with Crippen molar-refractivity contribution in [3.8, 4) is 0 Å². The first-order valence-electron chi connectivity index (χ1n) is 6.90. The summed E-state index contributed by atoms with van der Waals surface area (Å²) in [6.07, 6.45) is 1.94. The summed E-state index contributed by atoms with van der Waals surface area (Å²) in [5, 5.41) is 11.6. The quantitative estimate of drug-likeness (QED) is 0.774. The Hall–Kier alpha value is -2.09. The van der Waals surface area contributed by atoms with Crippen molar-refractivity contribution in [3.05, 3.63) is 29.8 Å². The number of hydrogen-bond donors (Lipinski definition) is 3. The van der Waals surface area contributed by atoms with Gasteiger partial charge in [0.15, 0.2) is 0 Å². The SMILES string of the molecule is Cc1ccc(S(=O)(=O)NC(=O)NC2(C(=O)O)CCCC2)cc1. The van der Waals surface area contributed by atoms with Crippen LogP contribution in [-0.2, 0) is 14.8 Å². The third-order valence-corrected chi connectivity index (χ3v) is 5.12. The highest BCUT2D eigenvalue weighted by atomic mass is 32.2. The zero-order valence-electron chi connectivity index (χ0n) is 12.1. The van der Waals surface area contributed by atoms with E-state index in [1.54, 1.807) is 12.1 Å². The molecule has 1 aromatic carbocycles. The van der Waals surface area contributed by atoms with Crippen LogP contribution in [0, 0.1) is 6.92 Å². The van der Waals surface area contributed by atoms with Gasteiger partial charge in [0.25, 0.3) is 10.0 Å². The van der Waals surface area contributed by atoms with E-state index in [0.717, 1.165) is 5.56 Å². The Morgan fingerprint density at radius 2 is 1.68 bits per heavy atom. The van der Waals surface area contributed by atoms with Crippen molar-refractivity contribution in [2.24, 2.45) is 0 Å². The molecule has 0 radical (unpaired) electrons. The zero-order chi connectivity index (χ0) is 16.4. The Labute approximate surface area is 128 Å². The van der Waals surface area contributed by atoms with Gasteiger partial charge in [0, 0.05) is 0 Å². The van der Waals surface area contributed by atoms with Gasteiger partial charge in [-0.05, 0) is 31.9 Å². The van der Waals surface area contributed by atoms with Gasteiger partial charge in [-0.2, -0.15) is 0 Å². The zero-order valence-corrected chi connectivity index (χ0v) is 12.9. The Balaban J connectivity index is 2.11. The molecule has 3 N–H and O–H groups in total. The van der Waals surface area contributed by atoms with Crippen LogP contribution in [0.15, 0.2) is 29.2 Å². The number of sulfonamides is 1. The van der Waals surface area contributed by atoms with Crippen molar-refractivity contribution in [1.29, 1.82) is 0 Å². The third-order valence-electron chi connectivity index (χ3n) is 3.78. The number of urea groups is 1. The number of aliphatic carboxylic acids is 1. The molecular formula is C14H18N2O5S. The van der Waals surface area contributed by atoms with Gasteiger partial charge < -0.3 is 10.4 Å². The Kier molecular flexibility index (Phi) is 4.41. The Morgan fingerprint density at radius 1 is 1.14 bits per heavy atom. The van der Waals surface area contributed by atoms with Crippen LogP contribution in [0.1, 0.15) is 31.2 Å². The number of amides is 2. The van der Waals surface area contributed by atoms with E-state index in [2.05, 4.69) is 5.32 Å². The average molecular weight is 326 g/mol. The molecule has 2 rings (SSSR count). The first kappa shape index (κ1) is 16.3. The van der Waals surface area contributed by atoms with Crippen molar-refractivity contribution in [3.63, 3.8) is 0 Å². The van der Waals surface area contributed by atoms with E-state index < -0.39 is 27.6 Å². The van der Waals surface area contributed by atoms with Crippen LogP contribution in [0.4, 0.5) is 4.79 Å². The number of hydrogen-bond acceptors (Lipinski definition) is 4. The molecule has 1 aromatic rings. The van der Waals surface area contributed by atoms with Gasteiger partial charge in [-0.3, -0.25) is 0 Å². The molecule has 2 amide bonds. The predicted octanol–water partition coefficient (Wildman–Crippen LogP) is 1.38. The van der Waals surface area contributed by atoms with Crippen LogP contribution in [0.25, 0.3) is 0 Å². The van der Waals surface area contributed by atoms with E-state index in [4.69, 9.17) is 0 Å². The lowest BCUT2D eigenvalue weighted by molar-refractivity contribution is -0.144. The maximum absolute atomic E-state index is 12.1. The van der Waals surface area contributed by atoms with Gasteiger partial charge in [-0.1, -0.05) is 30.5 Å². The Bertz CT molecular complexity index is 676. The highest BCUT2D eigenvalue weighted by Gasteiger charge is 2.43. The summed E-state index contributed by atoms with van der Waals surface area (Å²) in [5.74, 6) is -1.15. The number of carboxylic acids is 1. The first-order valence-corrected chi connectivity index (χ1v) is 8.39. The van der Waals surface area contributed by atoms with Gasteiger partial charge in [-0.15, -0.1) is 0 Å². The summed E-state index contributed by atoms with van der Waals surface area (Å²) in [6, 6.07) is 4.97. The number of carbonyl (C=O) groups excluding carboxylic acids is 1. The second-order valence-corrected chi connectivity index (χ2v) is 7.15. The molecule has 0 unspecified atom stereocenters. The molecule has 1 fully saturated rings. The van der Waals surface area contributed by atoms with E-state index in [1.165, 1.54) is 12.1 Å². The lowest BCUT2D eigenvalue weighted by Gasteiger charge is -2.25. The third kappa shape index (κ3) is 3.38. The largest absolute Gasteiger partial charge is 0.480 e. The van der Waals surface area contributed by atoms with Crippen molar-refractivity contribution in [2.45, 2.75) is 43.0 Å². The number of rotatable bonds is 4. The predicted molar refractivity (Wildman–Crippen MR) is 78.9 cm³/mol. The smallest absolute Gasteiger partial charge is 0.329 e. The first-order chi connectivity index (χ1) is 10.3. The molecule has 0 spiro atoms. The fourth-order valence-electron chi connectivity index (χ4n) is 2.51. The van der Waals surface area contributed by atoms with Crippen molar-refractivity contribution in [2.75, 3.05) is 0 Å². The highest BCUT2D eigenvalue weighted by Crippen LogP contribution is 2.29. The van der Waals surface area contributed by atoms with Gasteiger partial charge in [0.1, 0.15) is 5.54 Å². The van der Waals surface area contributed by atoms with Crippen LogP contribution in [0.5, 0.6) is 0 Å². The Morgan fingerprint density at radius 3 is 2.18 bits per heavy atom. The van der Waals surface area contributed by atoms with E-state index >= 15 is 0 Å². The second-order valence-electron chi connectivity index (χ2n) is 5.47. The van der Waals surface area contributed by atoms with Crippen LogP contribution >= 0.6 is 0 Å². The molecule has 8 heteroatoms. The van der Waals surface area contributed by atoms with Crippen molar-refractivity contribution in [1.82, 2.24) is 10.0 Å². The summed E-state index contributed by atoms with van der Waals surface area (Å²) >= 11 is 0. The standard InChI is InChI=1S/C14H18N2O5S/c1-10-4-6-11(7-5-10)22(20,21)16-13(19)15-14(12(17)18)8-2-3-9-14/h4-7H,2-3,8-9H2,1H3,(H,17,18)(H2,15,16,19). The molecule has 1 aliphatic rings. The lowest BCUT2D eigenvalue weighted by Crippen LogP contribution is -2.56. The number of aryl methyl sites for hydroxylation is 1. The van der Waals surface area contributed by atoms with E-state index in [0.29, 0.717) is 25.7 Å². The van der Waals surface area contributed by atoms with E-state index in [-0.39, 0.29) is 4.90 Å². The molecule has 0 atom stereocenters. The average Bonchev–Trinajstić information content (AvgIpc) is 2.88. The van der Waals surface area contributed by atoms with Gasteiger partial charge in [0.2, 0.25) is 0 Å². The van der Waals surface area contributed by atoms with Gasteiger partial charge in [-0.25, -0.2) is 22.7 Å². The minimum Gasteiger partial charge on any atom is -0.480 e. The van der Waals surface area contributed by atoms with Crippen LogP contribution < -0.4 is 10.0 Å². The maximum Gasteiger partial charge on any atom is 0.329 e. The summed E-state index contributed by atoms with van der Waals surface area (Å²) < 4.78 is 26.0. The molecule has 0 saturated heterocycles. The second kappa shape index (κ2) is 5.96. The van der Waals surface area contributed by atoms with Crippen LogP contribution in [0.2, 0.25) is 0 Å². The fraction of sp³-hybridized carbons (Fsp3) is 0.429. The highest BCUT2D eigenvalue weighted by molar-refractivity contribution is 7.90. The molecule has 0 bridgehead atoms. The van der Waals surface area contributed by atoms with Crippen molar-refractivity contribution >= 4 is 22.0 Å². The number of carbonyl (C=O) groups is 2. The fourth-order valence-corrected chi connectivity index (χ4v) is 3.42. The molecule has 120 valence electrons. The van der Waals surface area contributed by atoms with Crippen LogP contribution in [-0.4, -0.2) is 31.1 Å². The van der Waals surface area contributed by atoms with Crippen LogP contribution in [0.3, 0.4) is 0 Å². The number of carboxylic acid groups (broad SMARTS) is 1. The molecule has 0 heterocycles. The summed E-state index contributed by atoms with van der Waals surface area (Å²) in [7, 11) is -4.03. The number of benzene rings is 1.